The Hall–Kier alpha value is -2.71. The molecule has 2 aromatic rings. The zero-order chi connectivity index (χ0) is 18.0. The maximum absolute atomic E-state index is 13.6. The van der Waals surface area contributed by atoms with Crippen molar-refractivity contribution < 1.29 is 9.18 Å². The predicted molar refractivity (Wildman–Crippen MR) is 93.5 cm³/mol. The number of benzene rings is 2. The van der Waals surface area contributed by atoms with Gasteiger partial charge in [0.1, 0.15) is 5.82 Å². The lowest BCUT2D eigenvalue weighted by molar-refractivity contribution is 0.0733. The number of rotatable bonds is 3. The van der Waals surface area contributed by atoms with E-state index in [1.807, 2.05) is 18.2 Å². The van der Waals surface area contributed by atoms with Crippen molar-refractivity contribution in [2.45, 2.75) is 19.0 Å². The van der Waals surface area contributed by atoms with Crippen molar-refractivity contribution in [2.75, 3.05) is 20.6 Å². The Kier molecular flexibility index (Phi) is 4.82. The van der Waals surface area contributed by atoms with E-state index >= 15 is 0 Å². The normalized spacial score (nSPS) is 16.8. The summed E-state index contributed by atoms with van der Waals surface area (Å²) >= 11 is 0. The van der Waals surface area contributed by atoms with Crippen molar-refractivity contribution in [1.29, 1.82) is 5.26 Å². The summed E-state index contributed by atoms with van der Waals surface area (Å²) in [5.74, 6) is -0.845. The van der Waals surface area contributed by atoms with Crippen LogP contribution in [0.4, 0.5) is 4.39 Å². The molecule has 1 aliphatic heterocycles. The lowest BCUT2D eigenvalue weighted by Crippen LogP contribution is -2.46. The highest BCUT2D eigenvalue weighted by atomic mass is 19.1. The van der Waals surface area contributed by atoms with Crippen LogP contribution in [0.3, 0.4) is 0 Å². The van der Waals surface area contributed by atoms with Crippen molar-refractivity contribution in [1.82, 2.24) is 9.80 Å². The van der Waals surface area contributed by atoms with Crippen LogP contribution in [-0.4, -0.2) is 42.4 Å². The van der Waals surface area contributed by atoms with Crippen molar-refractivity contribution in [3.8, 4) is 6.07 Å². The first kappa shape index (κ1) is 17.1. The van der Waals surface area contributed by atoms with Crippen molar-refractivity contribution in [2.24, 2.45) is 0 Å². The molecule has 0 N–H and O–H groups in total. The van der Waals surface area contributed by atoms with E-state index in [2.05, 4.69) is 24.1 Å². The zero-order valence-corrected chi connectivity index (χ0v) is 14.4. The average Bonchev–Trinajstić information content (AvgIpc) is 2.61. The SMILES string of the molecule is CN(C[C@@H]1Cc2ccccc2CN1C)C(=O)c1cc(F)cc(C#N)c1. The largest absolute Gasteiger partial charge is 0.340 e. The van der Waals surface area contributed by atoms with Gasteiger partial charge >= 0.3 is 0 Å². The summed E-state index contributed by atoms with van der Waals surface area (Å²) < 4.78 is 13.6. The van der Waals surface area contributed by atoms with Crippen LogP contribution in [0.2, 0.25) is 0 Å². The number of nitrogens with zero attached hydrogens (tertiary/aromatic N) is 3. The molecular weight excluding hydrogens is 317 g/mol. The molecule has 0 fully saturated rings. The maximum atomic E-state index is 13.6. The molecule has 3 rings (SSSR count). The van der Waals surface area contributed by atoms with Gasteiger partial charge in [0.25, 0.3) is 5.91 Å². The first-order valence-electron chi connectivity index (χ1n) is 8.21. The molecule has 0 saturated heterocycles. The van der Waals surface area contributed by atoms with E-state index < -0.39 is 5.82 Å². The van der Waals surface area contributed by atoms with Gasteiger partial charge in [-0.05, 0) is 42.8 Å². The number of amides is 1. The summed E-state index contributed by atoms with van der Waals surface area (Å²) in [6.07, 6.45) is 0.872. The zero-order valence-electron chi connectivity index (χ0n) is 14.4. The molecule has 0 saturated carbocycles. The Morgan fingerprint density at radius 3 is 2.76 bits per heavy atom. The van der Waals surface area contributed by atoms with Crippen LogP contribution >= 0.6 is 0 Å². The maximum Gasteiger partial charge on any atom is 0.253 e. The van der Waals surface area contributed by atoms with Gasteiger partial charge in [-0.1, -0.05) is 24.3 Å². The van der Waals surface area contributed by atoms with E-state index in [4.69, 9.17) is 5.26 Å². The Morgan fingerprint density at radius 2 is 2.04 bits per heavy atom. The lowest BCUT2D eigenvalue weighted by Gasteiger charge is -2.36. The number of carbonyl (C=O) groups is 1. The third-order valence-electron chi connectivity index (χ3n) is 4.72. The minimum atomic E-state index is -0.570. The number of carbonyl (C=O) groups excluding carboxylic acids is 1. The fourth-order valence-corrected chi connectivity index (χ4v) is 3.32. The van der Waals surface area contributed by atoms with Gasteiger partial charge in [-0.25, -0.2) is 4.39 Å². The highest BCUT2D eigenvalue weighted by Gasteiger charge is 2.26. The van der Waals surface area contributed by atoms with E-state index in [9.17, 15) is 9.18 Å². The number of hydrogen-bond acceptors (Lipinski definition) is 3. The summed E-state index contributed by atoms with van der Waals surface area (Å²) in [6, 6.07) is 14.2. The molecule has 1 aliphatic rings. The molecule has 4 nitrogen and oxygen atoms in total. The Balaban J connectivity index is 1.74. The molecule has 0 unspecified atom stereocenters. The van der Waals surface area contributed by atoms with Crippen LogP contribution in [-0.2, 0) is 13.0 Å². The van der Waals surface area contributed by atoms with Crippen LogP contribution in [0, 0.1) is 17.1 Å². The predicted octanol–water partition coefficient (Wildman–Crippen LogP) is 2.83. The molecule has 25 heavy (non-hydrogen) atoms. The van der Waals surface area contributed by atoms with Crippen LogP contribution in [0.1, 0.15) is 27.0 Å². The number of halogens is 1. The molecule has 0 aromatic heterocycles. The quantitative estimate of drug-likeness (QED) is 0.865. The van der Waals surface area contributed by atoms with Gasteiger partial charge in [-0.3, -0.25) is 9.69 Å². The Morgan fingerprint density at radius 1 is 1.32 bits per heavy atom. The Bertz CT molecular complexity index is 843. The average molecular weight is 337 g/mol. The third kappa shape index (κ3) is 3.70. The van der Waals surface area contributed by atoms with Gasteiger partial charge in [0.2, 0.25) is 0 Å². The minimum absolute atomic E-state index is 0.153. The highest BCUT2D eigenvalue weighted by molar-refractivity contribution is 5.94. The molecule has 5 heteroatoms. The molecule has 1 atom stereocenters. The summed E-state index contributed by atoms with van der Waals surface area (Å²) in [5.41, 5.74) is 2.99. The fraction of sp³-hybridized carbons (Fsp3) is 0.300. The van der Waals surface area contributed by atoms with Gasteiger partial charge < -0.3 is 4.90 Å². The summed E-state index contributed by atoms with van der Waals surface area (Å²) in [4.78, 5) is 16.5. The second-order valence-electron chi connectivity index (χ2n) is 6.57. The van der Waals surface area contributed by atoms with E-state index in [0.29, 0.717) is 6.54 Å². The second kappa shape index (κ2) is 7.04. The van der Waals surface area contributed by atoms with E-state index in [1.165, 1.54) is 23.3 Å². The molecule has 1 amide bonds. The standard InChI is InChI=1S/C20H20FN3O/c1-23-12-16-6-4-3-5-15(16)10-19(23)13-24(2)20(25)17-7-14(11-22)8-18(21)9-17/h3-9,19H,10,12-13H2,1-2H3/t19-/m0/s1. The number of hydrogen-bond donors (Lipinski definition) is 0. The van der Waals surface area contributed by atoms with E-state index in [1.54, 1.807) is 11.9 Å². The molecule has 1 heterocycles. The van der Waals surface area contributed by atoms with Crippen LogP contribution in [0.25, 0.3) is 0 Å². The van der Waals surface area contributed by atoms with Gasteiger partial charge in [0, 0.05) is 31.7 Å². The molecule has 0 spiro atoms. The smallest absolute Gasteiger partial charge is 0.253 e. The molecule has 0 aliphatic carbocycles. The molecule has 0 radical (unpaired) electrons. The second-order valence-corrected chi connectivity index (χ2v) is 6.57. The van der Waals surface area contributed by atoms with Gasteiger partial charge in [-0.15, -0.1) is 0 Å². The Labute approximate surface area is 147 Å². The van der Waals surface area contributed by atoms with Crippen LogP contribution in [0.15, 0.2) is 42.5 Å². The summed E-state index contributed by atoms with van der Waals surface area (Å²) in [5, 5.41) is 8.95. The summed E-state index contributed by atoms with van der Waals surface area (Å²) in [6.45, 7) is 1.39. The summed E-state index contributed by atoms with van der Waals surface area (Å²) in [7, 11) is 3.77. The highest BCUT2D eigenvalue weighted by Crippen LogP contribution is 2.22. The van der Waals surface area contributed by atoms with E-state index in [-0.39, 0.29) is 23.1 Å². The van der Waals surface area contributed by atoms with Crippen LogP contribution in [0.5, 0.6) is 0 Å². The van der Waals surface area contributed by atoms with Crippen molar-refractivity contribution in [3.05, 3.63) is 70.5 Å². The third-order valence-corrected chi connectivity index (χ3v) is 4.72. The lowest BCUT2D eigenvalue weighted by atomic mass is 9.94. The molecule has 128 valence electrons. The number of likely N-dealkylation sites (N-methyl/N-ethyl adjacent to an activating group) is 2. The fourth-order valence-electron chi connectivity index (χ4n) is 3.32. The number of fused-ring (bicyclic) bond motifs is 1. The first-order valence-corrected chi connectivity index (χ1v) is 8.21. The van der Waals surface area contributed by atoms with Crippen molar-refractivity contribution >= 4 is 5.91 Å². The molecule has 0 bridgehead atoms. The van der Waals surface area contributed by atoms with Gasteiger partial charge in [0.15, 0.2) is 0 Å². The van der Waals surface area contributed by atoms with Crippen molar-refractivity contribution in [3.63, 3.8) is 0 Å². The topological polar surface area (TPSA) is 47.3 Å². The van der Waals surface area contributed by atoms with Crippen LogP contribution < -0.4 is 0 Å². The molecular formula is C20H20FN3O. The van der Waals surface area contributed by atoms with E-state index in [0.717, 1.165) is 19.0 Å². The van der Waals surface area contributed by atoms with Gasteiger partial charge in [0.05, 0.1) is 11.6 Å². The molecule has 2 aromatic carbocycles. The first-order chi connectivity index (χ1) is 12.0. The minimum Gasteiger partial charge on any atom is -0.340 e. The monoisotopic (exact) mass is 337 g/mol. The number of nitriles is 1. The van der Waals surface area contributed by atoms with Gasteiger partial charge in [-0.2, -0.15) is 5.26 Å².